The quantitative estimate of drug-likeness (QED) is 0.822. The van der Waals surface area contributed by atoms with E-state index in [1.54, 1.807) is 30.2 Å². The first-order valence-corrected chi connectivity index (χ1v) is 9.11. The second-order valence-electron chi connectivity index (χ2n) is 6.40. The number of ether oxygens (including phenoxy) is 1. The van der Waals surface area contributed by atoms with Gasteiger partial charge in [-0.25, -0.2) is 0 Å². The van der Waals surface area contributed by atoms with Crippen LogP contribution in [0.3, 0.4) is 0 Å². The number of nitrogens with one attached hydrogen (secondary N) is 1. The molecular formula is C20H22ClN3O3. The van der Waals surface area contributed by atoms with E-state index in [9.17, 15) is 9.59 Å². The van der Waals surface area contributed by atoms with Gasteiger partial charge in [-0.1, -0.05) is 17.7 Å². The number of piperazine rings is 1. The third-order valence-corrected chi connectivity index (χ3v) is 5.04. The van der Waals surface area contributed by atoms with Crippen LogP contribution in [-0.2, 0) is 9.59 Å². The SMILES string of the molecule is COc1ccc(N2CCN(C(=O)C(=O)Nc3ccc(C)c(Cl)c3)CC2)cc1. The smallest absolute Gasteiger partial charge is 0.313 e. The number of hydrogen-bond donors (Lipinski definition) is 1. The van der Waals surface area contributed by atoms with Crippen LogP contribution in [0.2, 0.25) is 5.02 Å². The zero-order chi connectivity index (χ0) is 19.4. The molecule has 3 rings (SSSR count). The molecule has 0 saturated carbocycles. The molecule has 0 unspecified atom stereocenters. The Morgan fingerprint density at radius 3 is 2.30 bits per heavy atom. The Kier molecular flexibility index (Phi) is 5.86. The van der Waals surface area contributed by atoms with E-state index >= 15 is 0 Å². The molecule has 2 aromatic rings. The summed E-state index contributed by atoms with van der Waals surface area (Å²) >= 11 is 6.06. The Bertz CT molecular complexity index is 831. The van der Waals surface area contributed by atoms with Crippen LogP contribution in [0.5, 0.6) is 5.75 Å². The van der Waals surface area contributed by atoms with Gasteiger partial charge in [0.25, 0.3) is 0 Å². The minimum absolute atomic E-state index is 0.493. The van der Waals surface area contributed by atoms with Crippen molar-refractivity contribution < 1.29 is 14.3 Å². The molecule has 7 heteroatoms. The van der Waals surface area contributed by atoms with Gasteiger partial charge in [0, 0.05) is 42.6 Å². The molecule has 0 aliphatic carbocycles. The average molecular weight is 388 g/mol. The molecule has 2 aromatic carbocycles. The Balaban J connectivity index is 1.55. The lowest BCUT2D eigenvalue weighted by molar-refractivity contribution is -0.143. The van der Waals surface area contributed by atoms with Crippen molar-refractivity contribution in [1.29, 1.82) is 0 Å². The summed E-state index contributed by atoms with van der Waals surface area (Å²) in [6, 6.07) is 13.0. The largest absolute Gasteiger partial charge is 0.497 e. The summed E-state index contributed by atoms with van der Waals surface area (Å²) < 4.78 is 5.17. The number of benzene rings is 2. The molecule has 2 amide bonds. The van der Waals surface area contributed by atoms with Crippen molar-refractivity contribution in [2.75, 3.05) is 43.5 Å². The van der Waals surface area contributed by atoms with Crippen LogP contribution in [0.15, 0.2) is 42.5 Å². The zero-order valence-corrected chi connectivity index (χ0v) is 16.1. The zero-order valence-electron chi connectivity index (χ0n) is 15.4. The summed E-state index contributed by atoms with van der Waals surface area (Å²) in [5.74, 6) is -0.366. The van der Waals surface area contributed by atoms with Gasteiger partial charge >= 0.3 is 11.8 Å². The summed E-state index contributed by atoms with van der Waals surface area (Å²) in [6.07, 6.45) is 0. The summed E-state index contributed by atoms with van der Waals surface area (Å²) in [7, 11) is 1.63. The van der Waals surface area contributed by atoms with E-state index in [2.05, 4.69) is 10.2 Å². The van der Waals surface area contributed by atoms with Crippen molar-refractivity contribution in [2.45, 2.75) is 6.92 Å². The minimum Gasteiger partial charge on any atom is -0.497 e. The van der Waals surface area contributed by atoms with Gasteiger partial charge in [-0.2, -0.15) is 0 Å². The van der Waals surface area contributed by atoms with Crippen LogP contribution in [-0.4, -0.2) is 50.0 Å². The first-order valence-electron chi connectivity index (χ1n) is 8.73. The van der Waals surface area contributed by atoms with Crippen molar-refractivity contribution >= 4 is 34.8 Å². The average Bonchev–Trinajstić information content (AvgIpc) is 2.70. The molecular weight excluding hydrogens is 366 g/mol. The molecule has 0 atom stereocenters. The number of methoxy groups -OCH3 is 1. The Morgan fingerprint density at radius 2 is 1.70 bits per heavy atom. The minimum atomic E-state index is -0.646. The van der Waals surface area contributed by atoms with E-state index in [0.717, 1.165) is 17.0 Å². The van der Waals surface area contributed by atoms with E-state index in [1.807, 2.05) is 31.2 Å². The van der Waals surface area contributed by atoms with Gasteiger partial charge in [-0.15, -0.1) is 0 Å². The normalized spacial score (nSPS) is 14.0. The topological polar surface area (TPSA) is 61.9 Å². The van der Waals surface area contributed by atoms with E-state index in [-0.39, 0.29) is 0 Å². The highest BCUT2D eigenvalue weighted by Gasteiger charge is 2.26. The van der Waals surface area contributed by atoms with Gasteiger partial charge < -0.3 is 19.9 Å². The summed E-state index contributed by atoms with van der Waals surface area (Å²) in [4.78, 5) is 28.4. The third-order valence-electron chi connectivity index (χ3n) is 4.63. The maximum atomic E-state index is 12.4. The number of aryl methyl sites for hydroxylation is 1. The van der Waals surface area contributed by atoms with Gasteiger partial charge in [-0.05, 0) is 48.9 Å². The Hall–Kier alpha value is -2.73. The highest BCUT2D eigenvalue weighted by molar-refractivity contribution is 6.39. The van der Waals surface area contributed by atoms with Crippen molar-refractivity contribution in [3.63, 3.8) is 0 Å². The Labute approximate surface area is 163 Å². The van der Waals surface area contributed by atoms with Crippen molar-refractivity contribution in [3.8, 4) is 5.75 Å². The standard InChI is InChI=1S/C20H22ClN3O3/c1-14-3-4-15(13-18(14)21)22-19(25)20(26)24-11-9-23(10-12-24)16-5-7-17(27-2)8-6-16/h3-8,13H,9-12H2,1-2H3,(H,22,25). The number of rotatable bonds is 3. The maximum Gasteiger partial charge on any atom is 0.313 e. The van der Waals surface area contributed by atoms with Gasteiger partial charge in [0.1, 0.15) is 5.75 Å². The molecule has 1 fully saturated rings. The number of carbonyl (C=O) groups is 2. The third kappa shape index (κ3) is 4.52. The fraction of sp³-hybridized carbons (Fsp3) is 0.300. The van der Waals surface area contributed by atoms with Crippen LogP contribution in [0, 0.1) is 6.92 Å². The molecule has 0 spiro atoms. The highest BCUT2D eigenvalue weighted by Crippen LogP contribution is 2.21. The number of hydrogen-bond acceptors (Lipinski definition) is 4. The molecule has 142 valence electrons. The van der Waals surface area contributed by atoms with E-state index < -0.39 is 11.8 Å². The second kappa shape index (κ2) is 8.31. The molecule has 1 heterocycles. The van der Waals surface area contributed by atoms with Gasteiger partial charge in [0.05, 0.1) is 7.11 Å². The van der Waals surface area contributed by atoms with Crippen LogP contribution in [0.1, 0.15) is 5.56 Å². The molecule has 6 nitrogen and oxygen atoms in total. The molecule has 1 aliphatic rings. The summed E-state index contributed by atoms with van der Waals surface area (Å²) in [5, 5.41) is 3.17. The maximum absolute atomic E-state index is 12.4. The lowest BCUT2D eigenvalue weighted by Crippen LogP contribution is -2.51. The van der Waals surface area contributed by atoms with E-state index in [0.29, 0.717) is 36.9 Å². The summed E-state index contributed by atoms with van der Waals surface area (Å²) in [5.41, 5.74) is 2.50. The molecule has 1 saturated heterocycles. The number of halogens is 1. The number of nitrogens with zero attached hydrogens (tertiary/aromatic N) is 2. The van der Waals surface area contributed by atoms with Crippen LogP contribution < -0.4 is 15.0 Å². The number of amides is 2. The second-order valence-corrected chi connectivity index (χ2v) is 6.80. The predicted molar refractivity (Wildman–Crippen MR) is 107 cm³/mol. The number of carbonyl (C=O) groups excluding carboxylic acids is 2. The molecule has 0 aromatic heterocycles. The van der Waals surface area contributed by atoms with Gasteiger partial charge in [0.2, 0.25) is 0 Å². The van der Waals surface area contributed by atoms with Gasteiger partial charge in [-0.3, -0.25) is 9.59 Å². The number of anilines is 2. The molecule has 27 heavy (non-hydrogen) atoms. The van der Waals surface area contributed by atoms with Crippen molar-refractivity contribution in [1.82, 2.24) is 4.90 Å². The summed E-state index contributed by atoms with van der Waals surface area (Å²) in [6.45, 7) is 4.20. The lowest BCUT2D eigenvalue weighted by atomic mass is 10.2. The van der Waals surface area contributed by atoms with Crippen LogP contribution in [0.4, 0.5) is 11.4 Å². The van der Waals surface area contributed by atoms with Crippen LogP contribution >= 0.6 is 11.6 Å². The molecule has 1 aliphatic heterocycles. The molecule has 0 bridgehead atoms. The first kappa shape index (κ1) is 19.0. The predicted octanol–water partition coefficient (Wildman–Crippen LogP) is 2.94. The molecule has 1 N–H and O–H groups in total. The molecule has 0 radical (unpaired) electrons. The Morgan fingerprint density at radius 1 is 1.04 bits per heavy atom. The fourth-order valence-corrected chi connectivity index (χ4v) is 3.14. The van der Waals surface area contributed by atoms with Crippen molar-refractivity contribution in [2.24, 2.45) is 0 Å². The highest BCUT2D eigenvalue weighted by atomic mass is 35.5. The fourth-order valence-electron chi connectivity index (χ4n) is 2.96. The lowest BCUT2D eigenvalue weighted by Gasteiger charge is -2.35. The van der Waals surface area contributed by atoms with E-state index in [4.69, 9.17) is 16.3 Å². The van der Waals surface area contributed by atoms with Crippen LogP contribution in [0.25, 0.3) is 0 Å². The monoisotopic (exact) mass is 387 g/mol. The van der Waals surface area contributed by atoms with Crippen molar-refractivity contribution in [3.05, 3.63) is 53.1 Å². The van der Waals surface area contributed by atoms with E-state index in [1.165, 1.54) is 0 Å². The first-order chi connectivity index (χ1) is 13.0. The van der Waals surface area contributed by atoms with Gasteiger partial charge in [0.15, 0.2) is 0 Å².